The zero-order valence-electron chi connectivity index (χ0n) is 8.77. The molecule has 0 aliphatic heterocycles. The van der Waals surface area contributed by atoms with E-state index in [1.165, 1.54) is 0 Å². The first kappa shape index (κ1) is 9.71. The Labute approximate surface area is 87.6 Å². The predicted molar refractivity (Wildman–Crippen MR) is 58.3 cm³/mol. The molecule has 0 aromatic carbocycles. The standard InChI is InChI=1S/C11H13N3O/c1-8(2)9-7-10(13-11(15)12-9)14-5-3-4-6-14/h3-8H,1-2H3,(H,12,13,15). The normalized spacial score (nSPS) is 10.9. The fourth-order valence-electron chi connectivity index (χ4n) is 1.39. The van der Waals surface area contributed by atoms with Crippen molar-refractivity contribution >= 4 is 0 Å². The molecule has 2 heterocycles. The first-order valence-electron chi connectivity index (χ1n) is 4.91. The van der Waals surface area contributed by atoms with Crippen LogP contribution in [0.5, 0.6) is 0 Å². The molecule has 0 fully saturated rings. The highest BCUT2D eigenvalue weighted by atomic mass is 16.1. The van der Waals surface area contributed by atoms with Crippen LogP contribution < -0.4 is 5.69 Å². The van der Waals surface area contributed by atoms with Crippen molar-refractivity contribution in [3.63, 3.8) is 0 Å². The third kappa shape index (κ3) is 1.98. The molecule has 2 rings (SSSR count). The van der Waals surface area contributed by atoms with Crippen molar-refractivity contribution in [3.05, 3.63) is 46.8 Å². The summed E-state index contributed by atoms with van der Waals surface area (Å²) in [4.78, 5) is 18.0. The van der Waals surface area contributed by atoms with Crippen molar-refractivity contribution in [2.45, 2.75) is 19.8 Å². The number of aromatic nitrogens is 3. The second-order valence-corrected chi connectivity index (χ2v) is 3.74. The monoisotopic (exact) mass is 203 g/mol. The summed E-state index contributed by atoms with van der Waals surface area (Å²) in [6.07, 6.45) is 3.73. The quantitative estimate of drug-likeness (QED) is 0.807. The third-order valence-corrected chi connectivity index (χ3v) is 2.24. The summed E-state index contributed by atoms with van der Waals surface area (Å²) in [6.45, 7) is 4.06. The zero-order valence-corrected chi connectivity index (χ0v) is 8.77. The lowest BCUT2D eigenvalue weighted by Crippen LogP contribution is -2.16. The molecule has 15 heavy (non-hydrogen) atoms. The topological polar surface area (TPSA) is 50.7 Å². The summed E-state index contributed by atoms with van der Waals surface area (Å²) in [5, 5.41) is 0. The molecule has 0 bridgehead atoms. The van der Waals surface area contributed by atoms with Crippen molar-refractivity contribution in [3.8, 4) is 5.82 Å². The average Bonchev–Trinajstić information content (AvgIpc) is 2.69. The minimum Gasteiger partial charge on any atom is -0.309 e. The summed E-state index contributed by atoms with van der Waals surface area (Å²) >= 11 is 0. The molecule has 1 N–H and O–H groups in total. The van der Waals surface area contributed by atoms with Crippen LogP contribution in [0.1, 0.15) is 25.5 Å². The highest BCUT2D eigenvalue weighted by Crippen LogP contribution is 2.12. The van der Waals surface area contributed by atoms with Gasteiger partial charge in [0.15, 0.2) is 0 Å². The van der Waals surface area contributed by atoms with Gasteiger partial charge in [-0.15, -0.1) is 0 Å². The largest absolute Gasteiger partial charge is 0.347 e. The summed E-state index contributed by atoms with van der Waals surface area (Å²) in [7, 11) is 0. The van der Waals surface area contributed by atoms with E-state index >= 15 is 0 Å². The molecular formula is C11H13N3O. The summed E-state index contributed by atoms with van der Waals surface area (Å²) < 4.78 is 1.82. The molecule has 0 unspecified atom stereocenters. The number of nitrogens with one attached hydrogen (secondary N) is 1. The first-order chi connectivity index (χ1) is 7.16. The van der Waals surface area contributed by atoms with Crippen LogP contribution >= 0.6 is 0 Å². The molecule has 0 spiro atoms. The number of H-pyrrole nitrogens is 1. The molecule has 0 amide bonds. The maximum absolute atomic E-state index is 11.3. The Morgan fingerprint density at radius 2 is 2.00 bits per heavy atom. The van der Waals surface area contributed by atoms with Crippen LogP contribution in [-0.4, -0.2) is 14.5 Å². The highest BCUT2D eigenvalue weighted by molar-refractivity contribution is 5.25. The molecule has 0 aliphatic rings. The second-order valence-electron chi connectivity index (χ2n) is 3.74. The summed E-state index contributed by atoms with van der Waals surface area (Å²) in [5.74, 6) is 0.947. The zero-order chi connectivity index (χ0) is 10.8. The van der Waals surface area contributed by atoms with E-state index in [1.807, 2.05) is 49.0 Å². The molecule has 0 aliphatic carbocycles. The van der Waals surface area contributed by atoms with Gasteiger partial charge in [-0.2, -0.15) is 4.98 Å². The van der Waals surface area contributed by atoms with Gasteiger partial charge in [-0.1, -0.05) is 13.8 Å². The molecular weight excluding hydrogens is 190 g/mol. The Morgan fingerprint density at radius 3 is 2.60 bits per heavy atom. The van der Waals surface area contributed by atoms with Crippen molar-refractivity contribution in [2.24, 2.45) is 0 Å². The van der Waals surface area contributed by atoms with Crippen molar-refractivity contribution < 1.29 is 0 Å². The lowest BCUT2D eigenvalue weighted by atomic mass is 10.1. The smallest absolute Gasteiger partial charge is 0.309 e. The van der Waals surface area contributed by atoms with Gasteiger partial charge in [-0.3, -0.25) is 0 Å². The minimum absolute atomic E-state index is 0.287. The Bertz CT molecular complexity index is 497. The van der Waals surface area contributed by atoms with Crippen LogP contribution in [0.4, 0.5) is 0 Å². The first-order valence-corrected chi connectivity index (χ1v) is 4.91. The van der Waals surface area contributed by atoms with E-state index in [-0.39, 0.29) is 11.6 Å². The SMILES string of the molecule is CC(C)c1cc(-n2cccc2)nc(=O)[nH]1. The van der Waals surface area contributed by atoms with Crippen LogP contribution in [0.25, 0.3) is 5.82 Å². The van der Waals surface area contributed by atoms with Gasteiger partial charge in [0.25, 0.3) is 0 Å². The van der Waals surface area contributed by atoms with Crippen LogP contribution in [0.2, 0.25) is 0 Å². The van der Waals surface area contributed by atoms with Crippen LogP contribution in [0.3, 0.4) is 0 Å². The number of hydrogen-bond acceptors (Lipinski definition) is 2. The number of aromatic amines is 1. The van der Waals surface area contributed by atoms with E-state index in [4.69, 9.17) is 0 Å². The van der Waals surface area contributed by atoms with E-state index in [9.17, 15) is 4.79 Å². The maximum Gasteiger partial charge on any atom is 0.347 e. The lowest BCUT2D eigenvalue weighted by Gasteiger charge is -2.07. The molecule has 78 valence electrons. The van der Waals surface area contributed by atoms with Crippen molar-refractivity contribution in [2.75, 3.05) is 0 Å². The Hall–Kier alpha value is -1.84. The van der Waals surface area contributed by atoms with E-state index < -0.39 is 0 Å². The molecule has 0 radical (unpaired) electrons. The van der Waals surface area contributed by atoms with Gasteiger partial charge in [0.05, 0.1) is 0 Å². The fourth-order valence-corrected chi connectivity index (χ4v) is 1.39. The Morgan fingerprint density at radius 1 is 1.33 bits per heavy atom. The summed E-state index contributed by atoms with van der Waals surface area (Å²) in [6, 6.07) is 5.70. The van der Waals surface area contributed by atoms with Gasteiger partial charge in [0.2, 0.25) is 0 Å². The van der Waals surface area contributed by atoms with Gasteiger partial charge >= 0.3 is 5.69 Å². The van der Waals surface area contributed by atoms with E-state index in [1.54, 1.807) is 0 Å². The number of rotatable bonds is 2. The van der Waals surface area contributed by atoms with Gasteiger partial charge in [0, 0.05) is 24.2 Å². The molecule has 2 aromatic rings. The van der Waals surface area contributed by atoms with Crippen molar-refractivity contribution in [1.29, 1.82) is 0 Å². The van der Waals surface area contributed by atoms with Gasteiger partial charge in [-0.05, 0) is 18.1 Å². The maximum atomic E-state index is 11.3. The lowest BCUT2D eigenvalue weighted by molar-refractivity contribution is 0.791. The molecule has 4 nitrogen and oxygen atoms in total. The van der Waals surface area contributed by atoms with Gasteiger partial charge in [-0.25, -0.2) is 4.79 Å². The predicted octanol–water partition coefficient (Wildman–Crippen LogP) is 1.68. The summed E-state index contributed by atoms with van der Waals surface area (Å²) in [5.41, 5.74) is 0.601. The minimum atomic E-state index is -0.301. The van der Waals surface area contributed by atoms with Gasteiger partial charge < -0.3 is 9.55 Å². The van der Waals surface area contributed by atoms with E-state index in [0.717, 1.165) is 5.69 Å². The molecule has 0 saturated heterocycles. The van der Waals surface area contributed by atoms with Gasteiger partial charge in [0.1, 0.15) is 5.82 Å². The van der Waals surface area contributed by atoms with Crippen molar-refractivity contribution in [1.82, 2.24) is 14.5 Å². The molecule has 2 aromatic heterocycles. The molecule has 4 heteroatoms. The second kappa shape index (κ2) is 3.73. The number of hydrogen-bond donors (Lipinski definition) is 1. The molecule has 0 saturated carbocycles. The van der Waals surface area contributed by atoms with E-state index in [0.29, 0.717) is 5.82 Å². The molecule has 0 atom stereocenters. The van der Waals surface area contributed by atoms with E-state index in [2.05, 4.69) is 9.97 Å². The highest BCUT2D eigenvalue weighted by Gasteiger charge is 2.04. The Balaban J connectivity index is 2.54. The number of nitrogens with zero attached hydrogens (tertiary/aromatic N) is 2. The van der Waals surface area contributed by atoms with Crippen LogP contribution in [-0.2, 0) is 0 Å². The van der Waals surface area contributed by atoms with Crippen LogP contribution in [0.15, 0.2) is 35.4 Å². The average molecular weight is 203 g/mol. The van der Waals surface area contributed by atoms with Crippen LogP contribution in [0, 0.1) is 0 Å². The Kier molecular flexibility index (Phi) is 2.41. The fraction of sp³-hybridized carbons (Fsp3) is 0.273. The third-order valence-electron chi connectivity index (χ3n) is 2.24.